The summed E-state index contributed by atoms with van der Waals surface area (Å²) < 4.78 is 23.6. The van der Waals surface area contributed by atoms with E-state index in [4.69, 9.17) is 42.1 Å². The van der Waals surface area contributed by atoms with Gasteiger partial charge in [0.15, 0.2) is 0 Å². The van der Waals surface area contributed by atoms with Gasteiger partial charge in [-0.1, -0.05) is 29.7 Å². The Balaban J connectivity index is 1.45. The highest BCUT2D eigenvalue weighted by Crippen LogP contribution is 2.29. The number of carbonyl (C=O) groups is 2. The molecule has 1 aliphatic rings. The van der Waals surface area contributed by atoms with Gasteiger partial charge >= 0.3 is 5.97 Å². The van der Waals surface area contributed by atoms with Crippen LogP contribution in [0.1, 0.15) is 61.3 Å². The molecule has 0 spiro atoms. The van der Waals surface area contributed by atoms with E-state index in [9.17, 15) is 9.59 Å². The van der Waals surface area contributed by atoms with Gasteiger partial charge in [0.2, 0.25) is 5.28 Å². The maximum atomic E-state index is 13.7. The number of ether oxygens (including phenoxy) is 4. The van der Waals surface area contributed by atoms with E-state index in [0.717, 1.165) is 37.0 Å². The van der Waals surface area contributed by atoms with Crippen molar-refractivity contribution in [2.75, 3.05) is 34.0 Å². The number of esters is 1. The summed E-state index contributed by atoms with van der Waals surface area (Å²) in [6.45, 7) is 5.72. The predicted octanol–water partition coefficient (Wildman–Crippen LogP) is 6.58. The van der Waals surface area contributed by atoms with Crippen LogP contribution in [-0.2, 0) is 27.4 Å². The van der Waals surface area contributed by atoms with E-state index in [0.29, 0.717) is 30.5 Å². The number of nitrogens with zero attached hydrogens (tertiary/aromatic N) is 2. The molecule has 1 N–H and O–H groups in total. The number of carbonyl (C=O) groups excluding carboxylic acids is 2. The van der Waals surface area contributed by atoms with E-state index < -0.39 is 5.41 Å². The van der Waals surface area contributed by atoms with Crippen molar-refractivity contribution in [1.29, 1.82) is 0 Å². The second-order valence-corrected chi connectivity index (χ2v) is 12.7. The minimum absolute atomic E-state index is 0.0803. The number of benzene rings is 2. The molecule has 2 aromatic carbocycles. The topological polar surface area (TPSA) is 101 Å². The average Bonchev–Trinajstić information content (AvgIpc) is 3.38. The lowest BCUT2D eigenvalue weighted by atomic mass is 9.82. The van der Waals surface area contributed by atoms with Crippen LogP contribution in [0.3, 0.4) is 0 Å². The zero-order chi connectivity index (χ0) is 33.1. The Bertz CT molecular complexity index is 1520. The molecule has 1 aliphatic carbocycles. The molecule has 246 valence electrons. The van der Waals surface area contributed by atoms with Crippen LogP contribution in [0.25, 0.3) is 0 Å². The molecule has 1 fully saturated rings. The summed E-state index contributed by atoms with van der Waals surface area (Å²) in [6.07, 6.45) is 3.13. The van der Waals surface area contributed by atoms with Gasteiger partial charge in [-0.15, -0.1) is 0 Å². The molecule has 0 bridgehead atoms. The van der Waals surface area contributed by atoms with Gasteiger partial charge < -0.3 is 28.8 Å². The fourth-order valence-corrected chi connectivity index (χ4v) is 5.61. The van der Waals surface area contributed by atoms with Gasteiger partial charge in [-0.05, 0) is 105 Å². The first-order chi connectivity index (χ1) is 22.1. The van der Waals surface area contributed by atoms with E-state index in [1.54, 1.807) is 35.9 Å². The Kier molecular flexibility index (Phi) is 12.8. The quantitative estimate of drug-likeness (QED) is 0.162. The van der Waals surface area contributed by atoms with Crippen molar-refractivity contribution in [2.24, 2.45) is 17.3 Å². The molecule has 0 radical (unpaired) electrons. The molecule has 1 aromatic heterocycles. The third kappa shape index (κ3) is 10.1. The van der Waals surface area contributed by atoms with Gasteiger partial charge in [-0.3, -0.25) is 9.59 Å². The standard InChI is InChI=1S/C35H41Cl2N3O6/c1-35(2,23-45-22-25-7-13-28(43-3)14-8-25)18-17-30-31(32(41)38-21-24-5-9-26(10-6-24)33(42)44-4)40(34(37)39-30)19-20-46-29-15-11-27(36)12-16-29/h7-8,11-16,24,26H,5-6,9-10,19-23H2,1-4H3,(H,38,41). The molecular weight excluding hydrogens is 629 g/mol. The maximum absolute atomic E-state index is 13.7. The Morgan fingerprint density at radius 2 is 1.67 bits per heavy atom. The Labute approximate surface area is 280 Å². The lowest BCUT2D eigenvalue weighted by Crippen LogP contribution is -2.34. The number of nitrogens with one attached hydrogen (secondary N) is 1. The van der Waals surface area contributed by atoms with Crippen molar-refractivity contribution in [3.63, 3.8) is 0 Å². The van der Waals surface area contributed by atoms with Crippen molar-refractivity contribution < 1.29 is 28.5 Å². The molecule has 3 aromatic rings. The van der Waals surface area contributed by atoms with Gasteiger partial charge in [0.05, 0.1) is 39.9 Å². The van der Waals surface area contributed by atoms with Crippen molar-refractivity contribution in [2.45, 2.75) is 52.7 Å². The summed E-state index contributed by atoms with van der Waals surface area (Å²) in [7, 11) is 3.05. The van der Waals surface area contributed by atoms with E-state index in [1.807, 2.05) is 38.1 Å². The molecule has 1 heterocycles. The second kappa shape index (κ2) is 16.7. The van der Waals surface area contributed by atoms with Crippen LogP contribution in [0.4, 0.5) is 0 Å². The monoisotopic (exact) mass is 669 g/mol. The van der Waals surface area contributed by atoms with Crippen LogP contribution in [0.5, 0.6) is 11.5 Å². The number of halogens is 2. The number of rotatable bonds is 13. The number of amides is 1. The van der Waals surface area contributed by atoms with E-state index >= 15 is 0 Å². The smallest absolute Gasteiger partial charge is 0.308 e. The summed E-state index contributed by atoms with van der Waals surface area (Å²) in [4.78, 5) is 30.1. The lowest BCUT2D eigenvalue weighted by Gasteiger charge is -2.27. The van der Waals surface area contributed by atoms with E-state index in [2.05, 4.69) is 22.1 Å². The second-order valence-electron chi connectivity index (χ2n) is 12.0. The van der Waals surface area contributed by atoms with Crippen LogP contribution in [0.2, 0.25) is 10.3 Å². The fraction of sp³-hybridized carbons (Fsp3) is 0.457. The van der Waals surface area contributed by atoms with Gasteiger partial charge in [0.25, 0.3) is 5.91 Å². The zero-order valence-corrected chi connectivity index (χ0v) is 28.2. The van der Waals surface area contributed by atoms with Crippen molar-refractivity contribution in [3.8, 4) is 23.3 Å². The van der Waals surface area contributed by atoms with Crippen molar-refractivity contribution in [3.05, 3.63) is 75.8 Å². The van der Waals surface area contributed by atoms with Crippen LogP contribution < -0.4 is 14.8 Å². The normalized spacial score (nSPS) is 16.2. The number of imidazole rings is 1. The minimum Gasteiger partial charge on any atom is -0.497 e. The Morgan fingerprint density at radius 1 is 1.00 bits per heavy atom. The molecule has 0 unspecified atom stereocenters. The first kappa shape index (κ1) is 35.1. The first-order valence-electron chi connectivity index (χ1n) is 15.3. The van der Waals surface area contributed by atoms with Crippen molar-refractivity contribution >= 4 is 35.1 Å². The summed E-state index contributed by atoms with van der Waals surface area (Å²) in [5.74, 6) is 7.45. The van der Waals surface area contributed by atoms with Gasteiger partial charge in [0.1, 0.15) is 29.5 Å². The van der Waals surface area contributed by atoms with Crippen LogP contribution in [0, 0.1) is 29.1 Å². The molecule has 9 nitrogen and oxygen atoms in total. The van der Waals surface area contributed by atoms with Gasteiger partial charge in [-0.2, -0.15) is 0 Å². The largest absolute Gasteiger partial charge is 0.497 e. The molecule has 0 saturated heterocycles. The Hall–Kier alpha value is -3.71. The summed E-state index contributed by atoms with van der Waals surface area (Å²) in [5.41, 5.74) is 1.04. The number of methoxy groups -OCH3 is 2. The maximum Gasteiger partial charge on any atom is 0.308 e. The SMILES string of the molecule is COC(=O)C1CCC(CNC(=O)c2c(C#CC(C)(C)COCc3ccc(OC)cc3)nc(Cl)n2CCOc2ccc(Cl)cc2)CC1. The highest BCUT2D eigenvalue weighted by atomic mass is 35.5. The summed E-state index contributed by atoms with van der Waals surface area (Å²) >= 11 is 12.6. The molecule has 4 rings (SSSR count). The van der Waals surface area contributed by atoms with Crippen molar-refractivity contribution in [1.82, 2.24) is 14.9 Å². The number of hydrogen-bond acceptors (Lipinski definition) is 7. The minimum atomic E-state index is -0.535. The third-order valence-corrected chi connectivity index (χ3v) is 8.42. The fourth-order valence-electron chi connectivity index (χ4n) is 5.23. The first-order valence-corrected chi connectivity index (χ1v) is 16.1. The third-order valence-electron chi connectivity index (χ3n) is 7.88. The van der Waals surface area contributed by atoms with Crippen LogP contribution in [0.15, 0.2) is 48.5 Å². The molecule has 46 heavy (non-hydrogen) atoms. The highest BCUT2D eigenvalue weighted by molar-refractivity contribution is 6.30. The molecule has 1 amide bonds. The molecule has 11 heteroatoms. The lowest BCUT2D eigenvalue weighted by molar-refractivity contribution is -0.146. The van der Waals surface area contributed by atoms with E-state index in [-0.39, 0.29) is 53.5 Å². The average molecular weight is 671 g/mol. The predicted molar refractivity (Wildman–Crippen MR) is 177 cm³/mol. The van der Waals surface area contributed by atoms with Gasteiger partial charge in [-0.25, -0.2) is 4.98 Å². The van der Waals surface area contributed by atoms with Crippen LogP contribution >= 0.6 is 23.2 Å². The highest BCUT2D eigenvalue weighted by Gasteiger charge is 2.28. The molecular formula is C35H41Cl2N3O6. The molecule has 0 atom stereocenters. The molecule has 1 saturated carbocycles. The zero-order valence-electron chi connectivity index (χ0n) is 26.7. The van der Waals surface area contributed by atoms with Gasteiger partial charge in [0, 0.05) is 17.0 Å². The van der Waals surface area contributed by atoms with Crippen LogP contribution in [-0.4, -0.2) is 55.4 Å². The molecule has 0 aliphatic heterocycles. The Morgan fingerprint density at radius 3 is 2.33 bits per heavy atom. The summed E-state index contributed by atoms with van der Waals surface area (Å²) in [6, 6.07) is 14.7. The summed E-state index contributed by atoms with van der Waals surface area (Å²) in [5, 5.41) is 3.81. The number of aromatic nitrogens is 2. The number of hydrogen-bond donors (Lipinski definition) is 1. The van der Waals surface area contributed by atoms with E-state index in [1.165, 1.54) is 7.11 Å².